The number of hydrogen-bond acceptors (Lipinski definition) is 5. The Kier molecular flexibility index (Phi) is 2.84. The number of oxazole rings is 1. The summed E-state index contributed by atoms with van der Waals surface area (Å²) in [6.07, 6.45) is 0. The number of H-pyrrole nitrogens is 1. The number of nitrogens with one attached hydrogen (secondary N) is 2. The van der Waals surface area contributed by atoms with Gasteiger partial charge in [0.2, 0.25) is 0 Å². The van der Waals surface area contributed by atoms with E-state index >= 15 is 0 Å². The van der Waals surface area contributed by atoms with Crippen LogP contribution in [0.2, 0.25) is 0 Å². The molecule has 21 heavy (non-hydrogen) atoms. The van der Waals surface area contributed by atoms with Gasteiger partial charge < -0.3 is 15.5 Å². The van der Waals surface area contributed by atoms with Crippen LogP contribution in [0.4, 0.5) is 21.5 Å². The van der Waals surface area contributed by atoms with Crippen molar-refractivity contribution in [3.05, 3.63) is 52.3 Å². The van der Waals surface area contributed by atoms with Crippen molar-refractivity contribution in [1.29, 1.82) is 5.26 Å². The molecule has 104 valence electrons. The van der Waals surface area contributed by atoms with Crippen LogP contribution >= 0.6 is 0 Å². The lowest BCUT2D eigenvalue weighted by atomic mass is 10.2. The van der Waals surface area contributed by atoms with Gasteiger partial charge in [-0.1, -0.05) is 0 Å². The first-order chi connectivity index (χ1) is 10.1. The highest BCUT2D eigenvalue weighted by molar-refractivity contribution is 5.87. The number of rotatable bonds is 2. The first kappa shape index (κ1) is 12.7. The molecule has 4 N–H and O–H groups in total. The Labute approximate surface area is 117 Å². The zero-order chi connectivity index (χ0) is 15.0. The molecule has 1 heterocycles. The number of aromatic amines is 1. The van der Waals surface area contributed by atoms with Gasteiger partial charge in [-0.05, 0) is 24.3 Å². The van der Waals surface area contributed by atoms with Crippen molar-refractivity contribution in [3.8, 4) is 6.07 Å². The van der Waals surface area contributed by atoms with Crippen molar-refractivity contribution >= 4 is 28.2 Å². The maximum atomic E-state index is 13.3. The molecule has 3 aromatic rings. The second-order valence-electron chi connectivity index (χ2n) is 4.38. The summed E-state index contributed by atoms with van der Waals surface area (Å²) in [5, 5.41) is 11.8. The van der Waals surface area contributed by atoms with Crippen LogP contribution in [0.15, 0.2) is 39.5 Å². The van der Waals surface area contributed by atoms with E-state index in [0.717, 1.165) is 0 Å². The van der Waals surface area contributed by atoms with Crippen LogP contribution in [0.3, 0.4) is 0 Å². The lowest BCUT2D eigenvalue weighted by molar-refractivity contribution is 0.555. The lowest BCUT2D eigenvalue weighted by Crippen LogP contribution is -1.97. The molecule has 0 spiro atoms. The van der Waals surface area contributed by atoms with E-state index in [9.17, 15) is 9.18 Å². The van der Waals surface area contributed by atoms with Crippen molar-refractivity contribution in [2.45, 2.75) is 0 Å². The van der Waals surface area contributed by atoms with Crippen LogP contribution in [0.25, 0.3) is 11.1 Å². The Morgan fingerprint density at radius 2 is 2.14 bits per heavy atom. The largest absolute Gasteiger partial charge is 0.417 e. The summed E-state index contributed by atoms with van der Waals surface area (Å²) in [5.74, 6) is -1.17. The third kappa shape index (κ3) is 2.30. The van der Waals surface area contributed by atoms with Gasteiger partial charge in [-0.2, -0.15) is 5.26 Å². The van der Waals surface area contributed by atoms with E-state index in [0.29, 0.717) is 28.2 Å². The quantitative estimate of drug-likeness (QED) is 0.626. The van der Waals surface area contributed by atoms with Crippen LogP contribution < -0.4 is 16.8 Å². The van der Waals surface area contributed by atoms with Gasteiger partial charge in [0.25, 0.3) is 0 Å². The number of nitriles is 1. The molecule has 0 fully saturated rings. The van der Waals surface area contributed by atoms with Crippen molar-refractivity contribution in [2.75, 3.05) is 11.1 Å². The predicted molar refractivity (Wildman–Crippen MR) is 75.6 cm³/mol. The highest BCUT2D eigenvalue weighted by Crippen LogP contribution is 2.28. The summed E-state index contributed by atoms with van der Waals surface area (Å²) in [4.78, 5) is 13.6. The van der Waals surface area contributed by atoms with Crippen LogP contribution in [-0.4, -0.2) is 4.98 Å². The first-order valence-corrected chi connectivity index (χ1v) is 5.96. The molecule has 7 heteroatoms. The van der Waals surface area contributed by atoms with Crippen LogP contribution in [0.5, 0.6) is 0 Å². The number of halogens is 1. The van der Waals surface area contributed by atoms with E-state index in [1.807, 2.05) is 0 Å². The zero-order valence-corrected chi connectivity index (χ0v) is 10.6. The molecule has 0 radical (unpaired) electrons. The Bertz CT molecular complexity index is 936. The molecule has 2 aromatic carbocycles. The van der Waals surface area contributed by atoms with Crippen LogP contribution in [0.1, 0.15) is 5.56 Å². The normalized spacial score (nSPS) is 10.5. The SMILES string of the molecule is N#Cc1cc(Nc2cc3[nH]c(=O)oc3cc2N)ccc1F. The van der Waals surface area contributed by atoms with E-state index in [1.54, 1.807) is 12.1 Å². The summed E-state index contributed by atoms with van der Waals surface area (Å²) in [7, 11) is 0. The number of aromatic nitrogens is 1. The van der Waals surface area contributed by atoms with Gasteiger partial charge >= 0.3 is 5.76 Å². The number of anilines is 3. The minimum atomic E-state index is -0.592. The average Bonchev–Trinajstić information content (AvgIpc) is 2.80. The number of nitrogens with two attached hydrogens (primary N) is 1. The molecule has 6 nitrogen and oxygen atoms in total. The van der Waals surface area contributed by atoms with Crippen molar-refractivity contribution in [2.24, 2.45) is 0 Å². The Balaban J connectivity index is 2.03. The first-order valence-electron chi connectivity index (χ1n) is 5.96. The molecule has 0 amide bonds. The van der Waals surface area contributed by atoms with E-state index in [2.05, 4.69) is 10.3 Å². The highest BCUT2D eigenvalue weighted by atomic mass is 19.1. The zero-order valence-electron chi connectivity index (χ0n) is 10.6. The van der Waals surface area contributed by atoms with Gasteiger partial charge in [-0.3, -0.25) is 4.98 Å². The minimum absolute atomic E-state index is 0.0728. The number of fused-ring (bicyclic) bond motifs is 1. The Morgan fingerprint density at radius 3 is 2.90 bits per heavy atom. The van der Waals surface area contributed by atoms with Crippen molar-refractivity contribution in [3.63, 3.8) is 0 Å². The molecule has 0 aliphatic carbocycles. The fourth-order valence-electron chi connectivity index (χ4n) is 1.97. The van der Waals surface area contributed by atoms with Gasteiger partial charge in [0, 0.05) is 11.8 Å². The maximum Gasteiger partial charge on any atom is 0.417 e. The number of benzene rings is 2. The fourth-order valence-corrected chi connectivity index (χ4v) is 1.97. The van der Waals surface area contributed by atoms with Gasteiger partial charge in [0.15, 0.2) is 5.58 Å². The molecule has 0 saturated carbocycles. The monoisotopic (exact) mass is 284 g/mol. The molecule has 0 bridgehead atoms. The predicted octanol–water partition coefficient (Wildman–Crippen LogP) is 2.46. The van der Waals surface area contributed by atoms with Crippen LogP contribution in [0, 0.1) is 17.1 Å². The standard InChI is InChI=1S/C14H9FN4O2/c15-9-2-1-8(3-7(9)6-16)18-11-5-12-13(4-10(11)17)21-14(20)19-12/h1-5,18H,17H2,(H,19,20). The molecule has 1 aromatic heterocycles. The Morgan fingerprint density at radius 1 is 1.33 bits per heavy atom. The molecule has 0 unspecified atom stereocenters. The van der Waals surface area contributed by atoms with Crippen molar-refractivity contribution < 1.29 is 8.81 Å². The lowest BCUT2D eigenvalue weighted by Gasteiger charge is -2.09. The van der Waals surface area contributed by atoms with Crippen LogP contribution in [-0.2, 0) is 0 Å². The topological polar surface area (TPSA) is 108 Å². The second kappa shape index (κ2) is 4.68. The third-order valence-electron chi connectivity index (χ3n) is 2.96. The summed E-state index contributed by atoms with van der Waals surface area (Å²) in [6.45, 7) is 0. The van der Waals surface area contributed by atoms with Crippen molar-refractivity contribution in [1.82, 2.24) is 4.98 Å². The average molecular weight is 284 g/mol. The molecular weight excluding hydrogens is 275 g/mol. The summed E-state index contributed by atoms with van der Waals surface area (Å²) in [6, 6.07) is 8.91. The molecule has 0 aliphatic rings. The molecular formula is C14H9FN4O2. The van der Waals surface area contributed by atoms with Gasteiger partial charge in [0.1, 0.15) is 11.9 Å². The van der Waals surface area contributed by atoms with E-state index in [4.69, 9.17) is 15.4 Å². The fraction of sp³-hybridized carbons (Fsp3) is 0. The molecule has 0 saturated heterocycles. The summed E-state index contributed by atoms with van der Waals surface area (Å²) < 4.78 is 18.2. The van der Waals surface area contributed by atoms with E-state index in [1.165, 1.54) is 24.3 Å². The number of hydrogen-bond donors (Lipinski definition) is 3. The smallest absolute Gasteiger partial charge is 0.408 e. The Hall–Kier alpha value is -3.27. The second-order valence-corrected chi connectivity index (χ2v) is 4.38. The summed E-state index contributed by atoms with van der Waals surface area (Å²) in [5.41, 5.74) is 7.99. The third-order valence-corrected chi connectivity index (χ3v) is 2.96. The van der Waals surface area contributed by atoms with Gasteiger partial charge in [0.05, 0.1) is 22.5 Å². The molecule has 0 aliphatic heterocycles. The summed E-state index contributed by atoms with van der Waals surface area (Å²) >= 11 is 0. The van der Waals surface area contributed by atoms with E-state index in [-0.39, 0.29) is 5.56 Å². The van der Waals surface area contributed by atoms with Gasteiger partial charge in [-0.15, -0.1) is 0 Å². The highest BCUT2D eigenvalue weighted by Gasteiger charge is 2.08. The maximum absolute atomic E-state index is 13.3. The molecule has 0 atom stereocenters. The van der Waals surface area contributed by atoms with E-state index < -0.39 is 11.6 Å². The van der Waals surface area contributed by atoms with Gasteiger partial charge in [-0.25, -0.2) is 9.18 Å². The minimum Gasteiger partial charge on any atom is -0.408 e. The molecule has 3 rings (SSSR count). The number of nitrogens with zero attached hydrogens (tertiary/aromatic N) is 1. The number of nitrogen functional groups attached to an aromatic ring is 1.